The van der Waals surface area contributed by atoms with Gasteiger partial charge in [-0.3, -0.25) is 0 Å². The summed E-state index contributed by atoms with van der Waals surface area (Å²) >= 11 is 3.04. The van der Waals surface area contributed by atoms with E-state index < -0.39 is 15.3 Å². The van der Waals surface area contributed by atoms with Gasteiger partial charge in [0, 0.05) is 15.9 Å². The molecule has 0 aromatic carbocycles. The lowest BCUT2D eigenvalue weighted by Gasteiger charge is -2.15. The van der Waals surface area contributed by atoms with Crippen LogP contribution in [0.2, 0.25) is 0 Å². The third-order valence-electron chi connectivity index (χ3n) is 2.42. The number of nitrogens with zero attached hydrogens (tertiary/aromatic N) is 2. The van der Waals surface area contributed by atoms with Gasteiger partial charge in [0.1, 0.15) is 0 Å². The highest BCUT2D eigenvalue weighted by Crippen LogP contribution is 2.35. The topological polar surface area (TPSA) is 73.1 Å². The van der Waals surface area contributed by atoms with Crippen LogP contribution in [-0.4, -0.2) is 30.1 Å². The Hall–Kier alpha value is -0.430. The summed E-state index contributed by atoms with van der Waals surface area (Å²) < 4.78 is 27.8. The fourth-order valence-electron chi connectivity index (χ4n) is 1.63. The smallest absolute Gasteiger partial charge is 0.284 e. The van der Waals surface area contributed by atoms with E-state index in [4.69, 9.17) is 4.42 Å². The van der Waals surface area contributed by atoms with Crippen molar-refractivity contribution >= 4 is 25.8 Å². The molecule has 14 heavy (non-hydrogen) atoms. The fraction of sp³-hybridized carbons (Fsp3) is 0.714. The van der Waals surface area contributed by atoms with Crippen molar-refractivity contribution in [3.05, 3.63) is 10.7 Å². The highest BCUT2D eigenvalue weighted by atomic mass is 79.9. The average Bonchev–Trinajstić information content (AvgIpc) is 2.57. The zero-order valence-electron chi connectivity index (χ0n) is 7.53. The zero-order valence-corrected chi connectivity index (χ0v) is 9.93. The van der Waals surface area contributed by atoms with Crippen molar-refractivity contribution in [1.29, 1.82) is 0 Å². The molecule has 0 N–H and O–H groups in total. The van der Waals surface area contributed by atoms with Crippen LogP contribution in [-0.2, 0) is 15.3 Å². The SMILES string of the molecule is CC1(c2nnc(Br)o2)CCS(=O)(=O)C1. The van der Waals surface area contributed by atoms with Crippen molar-refractivity contribution in [3.63, 3.8) is 0 Å². The van der Waals surface area contributed by atoms with Crippen LogP contribution in [0.15, 0.2) is 9.22 Å². The van der Waals surface area contributed by atoms with Crippen molar-refractivity contribution in [2.75, 3.05) is 11.5 Å². The number of aromatic nitrogens is 2. The first-order chi connectivity index (χ1) is 6.41. The van der Waals surface area contributed by atoms with Gasteiger partial charge in [0.15, 0.2) is 9.84 Å². The molecular weight excluding hydrogens is 272 g/mol. The third-order valence-corrected chi connectivity index (χ3v) is 4.64. The predicted octanol–water partition coefficient (Wildman–Crippen LogP) is 0.908. The number of rotatable bonds is 1. The number of hydrogen-bond donors (Lipinski definition) is 0. The van der Waals surface area contributed by atoms with E-state index in [0.29, 0.717) is 12.3 Å². The Morgan fingerprint density at radius 1 is 1.50 bits per heavy atom. The molecular formula is C7H9BrN2O3S. The number of halogens is 1. The first kappa shape index (κ1) is 10.1. The van der Waals surface area contributed by atoms with Crippen molar-refractivity contribution in [2.24, 2.45) is 0 Å². The quantitative estimate of drug-likeness (QED) is 0.765. The maximum Gasteiger partial charge on any atom is 0.284 e. The Morgan fingerprint density at radius 3 is 2.64 bits per heavy atom. The molecule has 1 atom stereocenters. The van der Waals surface area contributed by atoms with Gasteiger partial charge >= 0.3 is 0 Å². The van der Waals surface area contributed by atoms with Gasteiger partial charge in [-0.15, -0.1) is 10.2 Å². The molecule has 1 saturated heterocycles. The second-order valence-electron chi connectivity index (χ2n) is 3.76. The number of hydrogen-bond acceptors (Lipinski definition) is 5. The maximum absolute atomic E-state index is 11.3. The molecule has 2 rings (SSSR count). The van der Waals surface area contributed by atoms with Gasteiger partial charge in [0.05, 0.1) is 16.9 Å². The summed E-state index contributed by atoms with van der Waals surface area (Å²) in [4.78, 5) is 0.290. The van der Waals surface area contributed by atoms with Gasteiger partial charge in [-0.1, -0.05) is 0 Å². The van der Waals surface area contributed by atoms with Gasteiger partial charge in [0.25, 0.3) is 4.80 Å². The molecule has 1 aromatic rings. The Bertz CT molecular complexity index is 455. The van der Waals surface area contributed by atoms with Crippen molar-refractivity contribution < 1.29 is 12.8 Å². The Balaban J connectivity index is 2.36. The van der Waals surface area contributed by atoms with E-state index >= 15 is 0 Å². The molecule has 1 unspecified atom stereocenters. The Morgan fingerprint density at radius 2 is 2.21 bits per heavy atom. The first-order valence-corrected chi connectivity index (χ1v) is 6.73. The Kier molecular flexibility index (Phi) is 2.19. The first-order valence-electron chi connectivity index (χ1n) is 4.11. The molecule has 7 heteroatoms. The average molecular weight is 281 g/mol. The summed E-state index contributed by atoms with van der Waals surface area (Å²) in [6.07, 6.45) is 0.546. The fourth-order valence-corrected chi connectivity index (χ4v) is 4.01. The second kappa shape index (κ2) is 3.03. The van der Waals surface area contributed by atoms with Crippen LogP contribution in [0.5, 0.6) is 0 Å². The van der Waals surface area contributed by atoms with E-state index in [0.717, 1.165) is 0 Å². The monoisotopic (exact) mass is 280 g/mol. The van der Waals surface area contributed by atoms with Crippen LogP contribution < -0.4 is 0 Å². The molecule has 1 fully saturated rings. The normalized spacial score (nSPS) is 30.7. The van der Waals surface area contributed by atoms with Gasteiger partial charge in [0.2, 0.25) is 5.89 Å². The summed E-state index contributed by atoms with van der Waals surface area (Å²) in [6.45, 7) is 1.83. The van der Waals surface area contributed by atoms with Gasteiger partial charge in [-0.05, 0) is 13.3 Å². The van der Waals surface area contributed by atoms with E-state index in [1.54, 1.807) is 0 Å². The lowest BCUT2D eigenvalue weighted by atomic mass is 9.90. The van der Waals surface area contributed by atoms with Crippen molar-refractivity contribution in [3.8, 4) is 0 Å². The molecule has 0 saturated carbocycles. The summed E-state index contributed by atoms with van der Waals surface area (Å²) in [6, 6.07) is 0. The van der Waals surface area contributed by atoms with Gasteiger partial charge in [-0.25, -0.2) is 8.42 Å². The molecule has 0 radical (unpaired) electrons. The molecule has 78 valence electrons. The molecule has 0 amide bonds. The molecule has 0 spiro atoms. The van der Waals surface area contributed by atoms with E-state index in [2.05, 4.69) is 26.1 Å². The molecule has 1 aliphatic rings. The van der Waals surface area contributed by atoms with E-state index in [-0.39, 0.29) is 16.3 Å². The Labute approximate surface area is 89.9 Å². The minimum absolute atomic E-state index is 0.0919. The lowest BCUT2D eigenvalue weighted by Crippen LogP contribution is -2.23. The van der Waals surface area contributed by atoms with Gasteiger partial charge in [-0.2, -0.15) is 0 Å². The molecule has 0 aliphatic carbocycles. The zero-order chi connectivity index (χ0) is 10.4. The number of sulfone groups is 1. The molecule has 2 heterocycles. The summed E-state index contributed by atoms with van der Waals surface area (Å²) in [5, 5.41) is 7.47. The van der Waals surface area contributed by atoms with Crippen molar-refractivity contribution in [1.82, 2.24) is 10.2 Å². The van der Waals surface area contributed by atoms with E-state index in [1.165, 1.54) is 0 Å². The van der Waals surface area contributed by atoms with E-state index in [1.807, 2.05) is 6.92 Å². The second-order valence-corrected chi connectivity index (χ2v) is 6.63. The predicted molar refractivity (Wildman–Crippen MR) is 52.6 cm³/mol. The van der Waals surface area contributed by atoms with Crippen LogP contribution in [0.4, 0.5) is 0 Å². The molecule has 1 aromatic heterocycles. The standard InChI is InChI=1S/C7H9BrN2O3S/c1-7(2-3-14(11,12)4-7)5-9-10-6(8)13-5/h2-4H2,1H3. The minimum atomic E-state index is -2.94. The third kappa shape index (κ3) is 1.70. The molecule has 1 aliphatic heterocycles. The molecule has 0 bridgehead atoms. The highest BCUT2D eigenvalue weighted by molar-refractivity contribution is 9.10. The van der Waals surface area contributed by atoms with Crippen LogP contribution in [0.25, 0.3) is 0 Å². The van der Waals surface area contributed by atoms with E-state index in [9.17, 15) is 8.42 Å². The summed E-state index contributed by atoms with van der Waals surface area (Å²) in [5.41, 5.74) is -0.516. The van der Waals surface area contributed by atoms with Crippen LogP contribution in [0.1, 0.15) is 19.2 Å². The largest absolute Gasteiger partial charge is 0.415 e. The molecule has 5 nitrogen and oxygen atoms in total. The summed E-state index contributed by atoms with van der Waals surface area (Å²) in [7, 11) is -2.94. The summed E-state index contributed by atoms with van der Waals surface area (Å²) in [5.74, 6) is 0.684. The van der Waals surface area contributed by atoms with Crippen molar-refractivity contribution in [2.45, 2.75) is 18.8 Å². The van der Waals surface area contributed by atoms with Gasteiger partial charge < -0.3 is 4.42 Å². The maximum atomic E-state index is 11.3. The van der Waals surface area contributed by atoms with Crippen LogP contribution in [0, 0.1) is 0 Å². The van der Waals surface area contributed by atoms with Crippen LogP contribution >= 0.6 is 15.9 Å². The van der Waals surface area contributed by atoms with Crippen LogP contribution in [0.3, 0.4) is 0 Å². The minimum Gasteiger partial charge on any atom is -0.415 e. The lowest BCUT2D eigenvalue weighted by molar-refractivity contribution is 0.365. The highest BCUT2D eigenvalue weighted by Gasteiger charge is 2.43.